The lowest BCUT2D eigenvalue weighted by molar-refractivity contribution is -0.141. The molecule has 6 atom stereocenters. The van der Waals surface area contributed by atoms with Gasteiger partial charge in [0.05, 0.1) is 0 Å². The van der Waals surface area contributed by atoms with Gasteiger partial charge in [0.1, 0.15) is 0 Å². The second kappa shape index (κ2) is 7.01. The first-order chi connectivity index (χ1) is 14.8. The van der Waals surface area contributed by atoms with Crippen molar-refractivity contribution < 1.29 is 9.59 Å². The number of anilines is 1. The summed E-state index contributed by atoms with van der Waals surface area (Å²) in [7, 11) is 3.74. The molecule has 5 rings (SSSR count). The maximum atomic E-state index is 13.5. The van der Waals surface area contributed by atoms with Gasteiger partial charge < -0.3 is 10.2 Å². The number of carbonyl (C=O) groups is 2. The number of allylic oxidation sites excluding steroid dienone is 1. The molecule has 1 N–H and O–H groups in total. The molecule has 2 heterocycles. The van der Waals surface area contributed by atoms with E-state index in [2.05, 4.69) is 35.2 Å². The average molecular weight is 421 g/mol. The largest absolute Gasteiger partial charge is 0.357 e. The Labute approximate surface area is 184 Å². The van der Waals surface area contributed by atoms with E-state index in [0.29, 0.717) is 29.5 Å². The summed E-state index contributed by atoms with van der Waals surface area (Å²) in [5.74, 6) is 2.42. The number of nitrogens with zero attached hydrogens (tertiary/aromatic N) is 3. The van der Waals surface area contributed by atoms with E-state index in [9.17, 15) is 9.59 Å². The molecule has 0 aromatic carbocycles. The van der Waals surface area contributed by atoms with Crippen molar-refractivity contribution in [3.63, 3.8) is 0 Å². The molecule has 3 saturated carbocycles. The van der Waals surface area contributed by atoms with Gasteiger partial charge in [0.15, 0.2) is 5.78 Å². The van der Waals surface area contributed by atoms with E-state index in [4.69, 9.17) is 0 Å². The summed E-state index contributed by atoms with van der Waals surface area (Å²) in [5, 5.41) is 2.93. The monoisotopic (exact) mass is 420 g/mol. The molecule has 0 bridgehead atoms. The van der Waals surface area contributed by atoms with E-state index >= 15 is 0 Å². The molecule has 164 valence electrons. The number of ketones is 1. The molecule has 1 aliphatic heterocycles. The Morgan fingerprint density at radius 3 is 2.58 bits per heavy atom. The third-order valence-electron chi connectivity index (χ3n) is 9.00. The number of nitrogens with one attached hydrogen (secondary N) is 1. The number of carbonyl (C=O) groups excluding carboxylic acids is 2. The van der Waals surface area contributed by atoms with E-state index in [1.54, 1.807) is 25.5 Å². The molecule has 0 radical (unpaired) electrons. The topological polar surface area (TPSA) is 75.2 Å². The van der Waals surface area contributed by atoms with Crippen molar-refractivity contribution in [2.45, 2.75) is 52.0 Å². The number of rotatable bonds is 2. The Bertz CT molecular complexity index is 984. The highest BCUT2D eigenvalue weighted by Crippen LogP contribution is 2.63. The number of hydrogen-bond acceptors (Lipinski definition) is 5. The highest BCUT2D eigenvalue weighted by atomic mass is 16.2. The van der Waals surface area contributed by atoms with Gasteiger partial charge in [-0.05, 0) is 67.6 Å². The van der Waals surface area contributed by atoms with Crippen LogP contribution in [-0.4, -0.2) is 46.7 Å². The summed E-state index contributed by atoms with van der Waals surface area (Å²) < 4.78 is 0. The average Bonchev–Trinajstić information content (AvgIpc) is 3.02. The van der Waals surface area contributed by atoms with Gasteiger partial charge in [-0.2, -0.15) is 0 Å². The molecular weight excluding hydrogens is 388 g/mol. The molecule has 0 unspecified atom stereocenters. The molecule has 0 spiro atoms. The van der Waals surface area contributed by atoms with Crippen LogP contribution in [0.15, 0.2) is 30.1 Å². The first-order valence-corrected chi connectivity index (χ1v) is 11.5. The normalized spacial score (nSPS) is 40.5. The van der Waals surface area contributed by atoms with Crippen molar-refractivity contribution in [2.75, 3.05) is 19.4 Å². The zero-order valence-corrected chi connectivity index (χ0v) is 18.9. The molecule has 6 heteroatoms. The van der Waals surface area contributed by atoms with Crippen LogP contribution in [0.25, 0.3) is 6.08 Å². The summed E-state index contributed by atoms with van der Waals surface area (Å²) in [4.78, 5) is 36.3. The van der Waals surface area contributed by atoms with Gasteiger partial charge in [0.25, 0.3) is 0 Å². The number of amides is 1. The van der Waals surface area contributed by atoms with Crippen LogP contribution < -0.4 is 5.32 Å². The van der Waals surface area contributed by atoms with E-state index < -0.39 is 0 Å². The van der Waals surface area contributed by atoms with Gasteiger partial charge in [-0.15, -0.1) is 0 Å². The van der Waals surface area contributed by atoms with Crippen LogP contribution in [0.1, 0.15) is 51.5 Å². The summed E-state index contributed by atoms with van der Waals surface area (Å²) in [6, 6.07) is 0.269. The van der Waals surface area contributed by atoms with Crippen LogP contribution in [0.5, 0.6) is 0 Å². The first-order valence-electron chi connectivity index (χ1n) is 11.5. The van der Waals surface area contributed by atoms with Crippen LogP contribution in [0.4, 0.5) is 5.95 Å². The van der Waals surface area contributed by atoms with Crippen LogP contribution in [-0.2, 0) is 9.59 Å². The van der Waals surface area contributed by atoms with Crippen molar-refractivity contribution in [1.29, 1.82) is 0 Å². The minimum absolute atomic E-state index is 0.000749. The highest BCUT2D eigenvalue weighted by molar-refractivity contribution is 6.05. The quantitative estimate of drug-likeness (QED) is 0.738. The number of likely N-dealkylation sites (N-methyl/N-ethyl adjacent to an activating group) is 1. The van der Waals surface area contributed by atoms with E-state index in [-0.39, 0.29) is 22.8 Å². The lowest BCUT2D eigenvalue weighted by atomic mass is 9.48. The number of fused-ring (bicyclic) bond motifs is 5. The maximum Gasteiger partial charge on any atom is 0.246 e. The fraction of sp³-hybridized carbons (Fsp3) is 0.600. The summed E-state index contributed by atoms with van der Waals surface area (Å²) >= 11 is 0. The van der Waals surface area contributed by atoms with Crippen molar-refractivity contribution in [3.8, 4) is 0 Å². The SMILES string of the molecule is CNc1ncc(/C=C2\C[C@H]3[C@@H]4CC[C@H]5N(C)C(=O)C=C[C@]5(C)[C@H]4CC[C@]3(C)C2=O)cn1. The molecule has 0 saturated heterocycles. The summed E-state index contributed by atoms with van der Waals surface area (Å²) in [6.07, 6.45) is 14.4. The second-order valence-corrected chi connectivity index (χ2v) is 10.4. The van der Waals surface area contributed by atoms with Gasteiger partial charge in [-0.1, -0.05) is 19.9 Å². The molecule has 3 aliphatic carbocycles. The zero-order valence-electron chi connectivity index (χ0n) is 18.9. The summed E-state index contributed by atoms with van der Waals surface area (Å²) in [6.45, 7) is 4.53. The Kier molecular flexibility index (Phi) is 4.61. The molecule has 31 heavy (non-hydrogen) atoms. The molecule has 1 aromatic rings. The van der Waals surface area contributed by atoms with Gasteiger partial charge in [0, 0.05) is 48.9 Å². The lowest BCUT2D eigenvalue weighted by Gasteiger charge is -2.59. The molecular formula is C25H32N4O2. The number of Topliss-reactive ketones (excluding diaryl/α,β-unsaturated/α-hetero) is 1. The predicted octanol–water partition coefficient (Wildman–Crippen LogP) is 3.72. The lowest BCUT2D eigenvalue weighted by Crippen LogP contribution is -2.59. The van der Waals surface area contributed by atoms with Gasteiger partial charge in [-0.3, -0.25) is 9.59 Å². The Morgan fingerprint density at radius 2 is 1.87 bits per heavy atom. The van der Waals surface area contributed by atoms with E-state index in [1.807, 2.05) is 18.0 Å². The highest BCUT2D eigenvalue weighted by Gasteiger charge is 2.61. The Balaban J connectivity index is 1.46. The fourth-order valence-electron chi connectivity index (χ4n) is 7.28. The third-order valence-corrected chi connectivity index (χ3v) is 9.00. The van der Waals surface area contributed by atoms with Crippen LogP contribution in [0.2, 0.25) is 0 Å². The van der Waals surface area contributed by atoms with Gasteiger partial charge >= 0.3 is 0 Å². The number of aromatic nitrogens is 2. The molecule has 6 nitrogen and oxygen atoms in total. The fourth-order valence-corrected chi connectivity index (χ4v) is 7.28. The smallest absolute Gasteiger partial charge is 0.246 e. The molecule has 1 aromatic heterocycles. The summed E-state index contributed by atoms with van der Waals surface area (Å²) in [5.41, 5.74) is 1.53. The third kappa shape index (κ3) is 2.90. The Hall–Kier alpha value is -2.50. The Morgan fingerprint density at radius 1 is 1.13 bits per heavy atom. The van der Waals surface area contributed by atoms with Crippen LogP contribution in [0.3, 0.4) is 0 Å². The molecule has 3 fully saturated rings. The van der Waals surface area contributed by atoms with Crippen molar-refractivity contribution in [3.05, 3.63) is 35.7 Å². The second-order valence-electron chi connectivity index (χ2n) is 10.4. The van der Waals surface area contributed by atoms with Crippen molar-refractivity contribution >= 4 is 23.7 Å². The van der Waals surface area contributed by atoms with Crippen molar-refractivity contribution in [1.82, 2.24) is 14.9 Å². The minimum atomic E-state index is -0.276. The first kappa shape index (κ1) is 20.4. The van der Waals surface area contributed by atoms with E-state index in [0.717, 1.165) is 43.2 Å². The van der Waals surface area contributed by atoms with E-state index in [1.165, 1.54) is 0 Å². The van der Waals surface area contributed by atoms with Gasteiger partial charge in [-0.25, -0.2) is 9.97 Å². The van der Waals surface area contributed by atoms with Crippen LogP contribution in [0, 0.1) is 28.6 Å². The van der Waals surface area contributed by atoms with Crippen molar-refractivity contribution in [2.24, 2.45) is 28.6 Å². The maximum absolute atomic E-state index is 13.5. The molecule has 4 aliphatic rings. The molecule has 1 amide bonds. The zero-order chi connectivity index (χ0) is 22.0. The number of hydrogen-bond donors (Lipinski definition) is 1. The standard InChI is InChI=1S/C25H32N4O2/c1-24-10-8-21(30)29(4)20(24)6-5-17-18(24)7-9-25(2)19(17)12-16(22(25)31)11-15-13-27-23(26-3)28-14-15/h8,10-11,13-14,17-20H,5-7,9,12H2,1-4H3,(H,26,27,28)/b16-11+/t17-,18+,19+,20-,24-,25+/m1/s1. The van der Waals surface area contributed by atoms with Gasteiger partial charge in [0.2, 0.25) is 11.9 Å². The van der Waals surface area contributed by atoms with Crippen LogP contribution >= 0.6 is 0 Å². The minimum Gasteiger partial charge on any atom is -0.357 e. The predicted molar refractivity (Wildman–Crippen MR) is 120 cm³/mol.